The molecule has 7 heteroatoms. The van der Waals surface area contributed by atoms with Crippen LogP contribution >= 0.6 is 0 Å². The fraction of sp³-hybridized carbons (Fsp3) is 0.182. The first kappa shape index (κ1) is 12.0. The highest BCUT2D eigenvalue weighted by molar-refractivity contribution is 5.67. The Labute approximate surface area is 102 Å². The smallest absolute Gasteiger partial charge is 0.323 e. The number of imidazole rings is 1. The van der Waals surface area contributed by atoms with Gasteiger partial charge in [0, 0.05) is 18.8 Å². The topological polar surface area (TPSA) is 69.0 Å². The van der Waals surface area contributed by atoms with Gasteiger partial charge < -0.3 is 10.2 Å². The lowest BCUT2D eigenvalue weighted by Gasteiger charge is -2.03. The molecule has 0 aromatic carbocycles. The van der Waals surface area contributed by atoms with Crippen LogP contribution in [0.4, 0.5) is 9.18 Å². The maximum Gasteiger partial charge on any atom is 0.431 e. The molecule has 0 unspecified atom stereocenters. The molecule has 0 fully saturated rings. The Hall–Kier alpha value is -2.44. The highest BCUT2D eigenvalue weighted by Gasteiger charge is 2.10. The molecule has 2 rings (SSSR count). The van der Waals surface area contributed by atoms with E-state index in [9.17, 15) is 9.18 Å². The first-order chi connectivity index (χ1) is 8.60. The Balaban J connectivity index is 2.31. The lowest BCUT2D eigenvalue weighted by atomic mass is 10.2. The molecule has 0 saturated heterocycles. The van der Waals surface area contributed by atoms with Gasteiger partial charge in [0.2, 0.25) is 0 Å². The molecule has 0 atom stereocenters. The predicted molar refractivity (Wildman–Crippen MR) is 61.2 cm³/mol. The van der Waals surface area contributed by atoms with Crippen LogP contribution in [0.1, 0.15) is 5.82 Å². The van der Waals surface area contributed by atoms with Crippen LogP contribution in [0.5, 0.6) is 0 Å². The number of halogens is 1. The van der Waals surface area contributed by atoms with Crippen molar-refractivity contribution in [1.29, 1.82) is 0 Å². The third-order valence-electron chi connectivity index (χ3n) is 2.23. The molecular formula is C11H11FN4O2. The highest BCUT2D eigenvalue weighted by atomic mass is 19.1. The second-order valence-corrected chi connectivity index (χ2v) is 3.52. The van der Waals surface area contributed by atoms with E-state index in [1.807, 2.05) is 0 Å². The van der Waals surface area contributed by atoms with Crippen LogP contribution in [0.15, 0.2) is 24.7 Å². The number of carbonyl (C=O) groups excluding carboxylic acids is 1. The molecule has 0 aliphatic rings. The molecule has 0 aliphatic carbocycles. The van der Waals surface area contributed by atoms with Crippen molar-refractivity contribution in [2.24, 2.45) is 0 Å². The van der Waals surface area contributed by atoms with E-state index in [-0.39, 0.29) is 0 Å². The van der Waals surface area contributed by atoms with E-state index in [1.54, 1.807) is 6.92 Å². The number of pyridine rings is 1. The first-order valence-corrected chi connectivity index (χ1v) is 5.17. The van der Waals surface area contributed by atoms with Crippen molar-refractivity contribution in [3.8, 4) is 11.3 Å². The van der Waals surface area contributed by atoms with Crippen molar-refractivity contribution < 1.29 is 14.0 Å². The van der Waals surface area contributed by atoms with Gasteiger partial charge in [-0.15, -0.1) is 0 Å². The summed E-state index contributed by atoms with van der Waals surface area (Å²) in [6.07, 6.45) is 3.46. The summed E-state index contributed by atoms with van der Waals surface area (Å²) in [5.41, 5.74) is 0.987. The summed E-state index contributed by atoms with van der Waals surface area (Å²) in [6, 6.07) is 1.30. The van der Waals surface area contributed by atoms with E-state index in [0.29, 0.717) is 17.1 Å². The number of rotatable bonds is 2. The minimum absolute atomic E-state index is 0.452. The first-order valence-electron chi connectivity index (χ1n) is 5.17. The van der Waals surface area contributed by atoms with E-state index in [2.05, 4.69) is 15.3 Å². The summed E-state index contributed by atoms with van der Waals surface area (Å²) >= 11 is 0. The van der Waals surface area contributed by atoms with Crippen molar-refractivity contribution in [3.63, 3.8) is 0 Å². The van der Waals surface area contributed by atoms with Gasteiger partial charge in [-0.1, -0.05) is 0 Å². The standard InChI is InChI=1S/C11H11FN4O2/c1-7-15-10(6-16(7)18-11(17)13-2)8-3-9(12)5-14-4-8/h3-6H,1-2H3,(H,13,17). The fourth-order valence-corrected chi connectivity index (χ4v) is 1.38. The maximum absolute atomic E-state index is 13.0. The molecular weight excluding hydrogens is 239 g/mol. The molecule has 0 saturated carbocycles. The summed E-state index contributed by atoms with van der Waals surface area (Å²) in [7, 11) is 1.45. The van der Waals surface area contributed by atoms with Crippen LogP contribution in [0.25, 0.3) is 11.3 Å². The van der Waals surface area contributed by atoms with Gasteiger partial charge in [-0.05, 0) is 13.0 Å². The van der Waals surface area contributed by atoms with E-state index in [4.69, 9.17) is 4.84 Å². The monoisotopic (exact) mass is 250 g/mol. The van der Waals surface area contributed by atoms with Gasteiger partial charge in [-0.25, -0.2) is 14.2 Å². The van der Waals surface area contributed by atoms with Gasteiger partial charge in [0.05, 0.1) is 18.1 Å². The molecule has 1 amide bonds. The average molecular weight is 250 g/mol. The Morgan fingerprint density at radius 2 is 2.28 bits per heavy atom. The second-order valence-electron chi connectivity index (χ2n) is 3.52. The summed E-state index contributed by atoms with van der Waals surface area (Å²) in [5.74, 6) is 0.0183. The highest BCUT2D eigenvalue weighted by Crippen LogP contribution is 2.17. The molecule has 94 valence electrons. The molecule has 6 nitrogen and oxygen atoms in total. The number of carbonyl (C=O) groups is 1. The van der Waals surface area contributed by atoms with Crippen molar-refractivity contribution >= 4 is 6.09 Å². The van der Waals surface area contributed by atoms with E-state index < -0.39 is 11.9 Å². The van der Waals surface area contributed by atoms with Gasteiger partial charge in [-0.2, -0.15) is 4.73 Å². The molecule has 0 radical (unpaired) electrons. The zero-order chi connectivity index (χ0) is 13.1. The summed E-state index contributed by atoms with van der Waals surface area (Å²) in [6.45, 7) is 1.67. The number of nitrogens with one attached hydrogen (secondary N) is 1. The average Bonchev–Trinajstić information content (AvgIpc) is 2.71. The molecule has 2 heterocycles. The Morgan fingerprint density at radius 1 is 1.50 bits per heavy atom. The Bertz CT molecular complexity index is 582. The zero-order valence-corrected chi connectivity index (χ0v) is 9.85. The zero-order valence-electron chi connectivity index (χ0n) is 9.85. The number of aryl methyl sites for hydroxylation is 1. The van der Waals surface area contributed by atoms with Gasteiger partial charge >= 0.3 is 6.09 Å². The minimum atomic E-state index is -0.612. The SMILES string of the molecule is CNC(=O)On1cc(-c2cncc(F)c2)nc1C. The van der Waals surface area contributed by atoms with Crippen molar-refractivity contribution in [2.75, 3.05) is 7.05 Å². The maximum atomic E-state index is 13.0. The number of amides is 1. The van der Waals surface area contributed by atoms with Crippen LogP contribution < -0.4 is 10.2 Å². The van der Waals surface area contributed by atoms with Crippen LogP contribution in [0, 0.1) is 12.7 Å². The van der Waals surface area contributed by atoms with Crippen LogP contribution in [-0.4, -0.2) is 27.8 Å². The summed E-state index contributed by atoms with van der Waals surface area (Å²) < 4.78 is 14.2. The van der Waals surface area contributed by atoms with E-state index in [0.717, 1.165) is 6.20 Å². The summed E-state index contributed by atoms with van der Waals surface area (Å²) in [4.78, 5) is 23.9. The Morgan fingerprint density at radius 3 is 2.94 bits per heavy atom. The normalized spacial score (nSPS) is 10.2. The van der Waals surface area contributed by atoms with Crippen LogP contribution in [0.2, 0.25) is 0 Å². The van der Waals surface area contributed by atoms with Crippen LogP contribution in [-0.2, 0) is 0 Å². The molecule has 0 bridgehead atoms. The molecule has 0 spiro atoms. The lowest BCUT2D eigenvalue weighted by Crippen LogP contribution is -2.29. The largest absolute Gasteiger partial charge is 0.431 e. The van der Waals surface area contributed by atoms with E-state index >= 15 is 0 Å². The minimum Gasteiger partial charge on any atom is -0.323 e. The van der Waals surface area contributed by atoms with Gasteiger partial charge in [0.15, 0.2) is 0 Å². The van der Waals surface area contributed by atoms with Crippen molar-refractivity contribution in [3.05, 3.63) is 36.3 Å². The quantitative estimate of drug-likeness (QED) is 0.868. The number of hydrogen-bond acceptors (Lipinski definition) is 4. The predicted octanol–water partition coefficient (Wildman–Crippen LogP) is 1.16. The molecule has 2 aromatic rings. The Kier molecular flexibility index (Phi) is 3.22. The molecule has 1 N–H and O–H groups in total. The van der Waals surface area contributed by atoms with E-state index in [1.165, 1.54) is 30.2 Å². The third-order valence-corrected chi connectivity index (χ3v) is 2.23. The van der Waals surface area contributed by atoms with Gasteiger partial charge in [0.25, 0.3) is 0 Å². The number of aromatic nitrogens is 3. The fourth-order valence-electron chi connectivity index (χ4n) is 1.38. The summed E-state index contributed by atoms with van der Waals surface area (Å²) in [5, 5.41) is 2.32. The van der Waals surface area contributed by atoms with Crippen LogP contribution in [0.3, 0.4) is 0 Å². The molecule has 0 aliphatic heterocycles. The lowest BCUT2D eigenvalue weighted by molar-refractivity contribution is 0.132. The number of nitrogens with zero attached hydrogens (tertiary/aromatic N) is 3. The molecule has 18 heavy (non-hydrogen) atoms. The third kappa shape index (κ3) is 2.45. The van der Waals surface area contributed by atoms with Crippen molar-refractivity contribution in [2.45, 2.75) is 6.92 Å². The van der Waals surface area contributed by atoms with Gasteiger partial charge in [0.1, 0.15) is 11.6 Å². The van der Waals surface area contributed by atoms with Crippen molar-refractivity contribution in [1.82, 2.24) is 20.0 Å². The number of hydrogen-bond donors (Lipinski definition) is 1. The van der Waals surface area contributed by atoms with Gasteiger partial charge in [-0.3, -0.25) is 4.98 Å². The molecule has 2 aromatic heterocycles. The second kappa shape index (κ2) is 4.82.